The van der Waals surface area contributed by atoms with E-state index in [9.17, 15) is 18.0 Å². The Morgan fingerprint density at radius 1 is 1.35 bits per heavy atom. The third kappa shape index (κ3) is 5.92. The normalized spacial score (nSPS) is 17.6. The maximum atomic E-state index is 11.9. The van der Waals surface area contributed by atoms with Crippen molar-refractivity contribution in [3.63, 3.8) is 0 Å². The fourth-order valence-electron chi connectivity index (χ4n) is 2.13. The van der Waals surface area contributed by atoms with Crippen LogP contribution < -0.4 is 0 Å². The average Bonchev–Trinajstić information content (AvgIpc) is 3.00. The second kappa shape index (κ2) is 7.89. The molecule has 0 aromatic carbocycles. The Labute approximate surface area is 139 Å². The molecule has 1 aliphatic rings. The Bertz CT molecular complexity index is 628. The van der Waals surface area contributed by atoms with Crippen molar-refractivity contribution in [1.82, 2.24) is 9.80 Å². The Morgan fingerprint density at radius 2 is 2.04 bits per heavy atom. The zero-order chi connectivity index (χ0) is 16.9. The van der Waals surface area contributed by atoms with Crippen LogP contribution in [-0.4, -0.2) is 74.9 Å². The maximum Gasteiger partial charge on any atom is 0.320 e. The van der Waals surface area contributed by atoms with Crippen LogP contribution >= 0.6 is 11.3 Å². The maximum absolute atomic E-state index is 11.9. The molecule has 9 heteroatoms. The largest absolute Gasteiger partial charge is 0.455 e. The van der Waals surface area contributed by atoms with Gasteiger partial charge in [-0.1, -0.05) is 0 Å². The van der Waals surface area contributed by atoms with Crippen LogP contribution in [0.2, 0.25) is 0 Å². The molecule has 0 aliphatic carbocycles. The summed E-state index contributed by atoms with van der Waals surface area (Å²) in [4.78, 5) is 26.9. The van der Waals surface area contributed by atoms with Crippen LogP contribution in [0.25, 0.3) is 0 Å². The number of carbonyl (C=O) groups excluding carboxylic acids is 2. The summed E-state index contributed by atoms with van der Waals surface area (Å²) in [5, 5.41) is 3.90. The molecule has 1 fully saturated rings. The number of ether oxygens (including phenoxy) is 1. The molecule has 0 bridgehead atoms. The van der Waals surface area contributed by atoms with Gasteiger partial charge in [0.05, 0.1) is 18.1 Å². The molecule has 1 saturated heterocycles. The second-order valence-electron chi connectivity index (χ2n) is 5.47. The summed E-state index contributed by atoms with van der Waals surface area (Å²) in [6.07, 6.45) is 0. The van der Waals surface area contributed by atoms with E-state index in [0.717, 1.165) is 5.56 Å². The van der Waals surface area contributed by atoms with Gasteiger partial charge in [0.2, 0.25) is 0 Å². The summed E-state index contributed by atoms with van der Waals surface area (Å²) in [6, 6.07) is 1.94. The number of sulfone groups is 1. The van der Waals surface area contributed by atoms with E-state index in [1.807, 2.05) is 16.8 Å². The third-order valence-electron chi connectivity index (χ3n) is 3.57. The van der Waals surface area contributed by atoms with Crippen molar-refractivity contribution < 1.29 is 22.7 Å². The minimum absolute atomic E-state index is 0.0110. The lowest BCUT2D eigenvalue weighted by atomic mass is 10.3. The quantitative estimate of drug-likeness (QED) is 0.663. The van der Waals surface area contributed by atoms with Gasteiger partial charge in [0.15, 0.2) is 16.4 Å². The number of likely N-dealkylation sites (N-methyl/N-ethyl adjacent to an activating group) is 1. The molecule has 1 amide bonds. The van der Waals surface area contributed by atoms with E-state index in [-0.39, 0.29) is 30.6 Å². The molecule has 0 saturated carbocycles. The summed E-state index contributed by atoms with van der Waals surface area (Å²) in [5.41, 5.74) is 1.03. The van der Waals surface area contributed by atoms with Gasteiger partial charge < -0.3 is 9.64 Å². The smallest absolute Gasteiger partial charge is 0.320 e. The van der Waals surface area contributed by atoms with Crippen molar-refractivity contribution in [3.8, 4) is 0 Å². The van der Waals surface area contributed by atoms with Gasteiger partial charge >= 0.3 is 5.97 Å². The Morgan fingerprint density at radius 3 is 2.65 bits per heavy atom. The van der Waals surface area contributed by atoms with Crippen LogP contribution in [-0.2, 0) is 30.7 Å². The van der Waals surface area contributed by atoms with Crippen LogP contribution in [0.4, 0.5) is 0 Å². The SMILES string of the molecule is CN(Cc1ccsc1)C(=O)COC(=O)CN1CCS(=O)(=O)CC1. The fourth-order valence-corrected chi connectivity index (χ4v) is 4.07. The van der Waals surface area contributed by atoms with Gasteiger partial charge in [-0.15, -0.1) is 0 Å². The van der Waals surface area contributed by atoms with Gasteiger partial charge in [-0.2, -0.15) is 11.3 Å². The molecule has 23 heavy (non-hydrogen) atoms. The highest BCUT2D eigenvalue weighted by Crippen LogP contribution is 2.08. The molecule has 0 N–H and O–H groups in total. The number of hydrogen-bond acceptors (Lipinski definition) is 7. The minimum atomic E-state index is -2.97. The molecular formula is C14H20N2O5S2. The van der Waals surface area contributed by atoms with E-state index in [4.69, 9.17) is 4.74 Å². The molecule has 1 aliphatic heterocycles. The molecule has 1 aromatic rings. The first-order valence-electron chi connectivity index (χ1n) is 7.19. The topological polar surface area (TPSA) is 84.0 Å². The molecule has 0 atom stereocenters. The molecular weight excluding hydrogens is 340 g/mol. The van der Waals surface area contributed by atoms with Crippen molar-refractivity contribution in [2.75, 3.05) is 44.8 Å². The first-order chi connectivity index (χ1) is 10.9. The van der Waals surface area contributed by atoms with Gasteiger partial charge in [0.25, 0.3) is 5.91 Å². The standard InChI is InChI=1S/C14H20N2O5S2/c1-15(8-12-2-5-22-11-12)13(17)10-21-14(18)9-16-3-6-23(19,20)7-4-16/h2,5,11H,3-4,6-10H2,1H3. The van der Waals surface area contributed by atoms with Crippen LogP contribution in [0.3, 0.4) is 0 Å². The predicted molar refractivity (Wildman–Crippen MR) is 86.8 cm³/mol. The first-order valence-corrected chi connectivity index (χ1v) is 9.95. The lowest BCUT2D eigenvalue weighted by Gasteiger charge is -2.25. The molecule has 128 valence electrons. The van der Waals surface area contributed by atoms with E-state index in [0.29, 0.717) is 19.6 Å². The monoisotopic (exact) mass is 360 g/mol. The number of nitrogens with zero attached hydrogens (tertiary/aromatic N) is 2. The molecule has 0 spiro atoms. The first kappa shape index (κ1) is 17.9. The molecule has 1 aromatic heterocycles. The number of esters is 1. The average molecular weight is 360 g/mol. The number of hydrogen-bond donors (Lipinski definition) is 0. The Kier molecular flexibility index (Phi) is 6.14. The van der Waals surface area contributed by atoms with Crippen LogP contribution in [0.1, 0.15) is 5.56 Å². The minimum Gasteiger partial charge on any atom is -0.455 e. The van der Waals surface area contributed by atoms with Crippen LogP contribution in [0.5, 0.6) is 0 Å². The molecule has 0 unspecified atom stereocenters. The Hall–Kier alpha value is -1.45. The third-order valence-corrected chi connectivity index (χ3v) is 5.91. The highest BCUT2D eigenvalue weighted by Gasteiger charge is 2.23. The van der Waals surface area contributed by atoms with Gasteiger partial charge in [-0.3, -0.25) is 14.5 Å². The van der Waals surface area contributed by atoms with E-state index >= 15 is 0 Å². The van der Waals surface area contributed by atoms with Crippen LogP contribution in [0, 0.1) is 0 Å². The van der Waals surface area contributed by atoms with Gasteiger partial charge in [0.1, 0.15) is 0 Å². The highest BCUT2D eigenvalue weighted by atomic mass is 32.2. The number of amides is 1. The van der Waals surface area contributed by atoms with E-state index in [2.05, 4.69) is 0 Å². The highest BCUT2D eigenvalue weighted by molar-refractivity contribution is 7.91. The summed E-state index contributed by atoms with van der Waals surface area (Å²) in [6.45, 7) is 0.833. The van der Waals surface area contributed by atoms with Crippen molar-refractivity contribution >= 4 is 33.1 Å². The summed E-state index contributed by atoms with van der Waals surface area (Å²) < 4.78 is 27.6. The Balaban J connectivity index is 1.68. The summed E-state index contributed by atoms with van der Waals surface area (Å²) in [5.74, 6) is -0.669. The number of carbonyl (C=O) groups is 2. The number of rotatable bonds is 6. The van der Waals surface area contributed by atoms with Gasteiger partial charge in [-0.25, -0.2) is 8.42 Å². The zero-order valence-electron chi connectivity index (χ0n) is 12.9. The van der Waals surface area contributed by atoms with E-state index in [1.165, 1.54) is 4.90 Å². The van der Waals surface area contributed by atoms with Crippen molar-refractivity contribution in [2.45, 2.75) is 6.54 Å². The lowest BCUT2D eigenvalue weighted by Crippen LogP contribution is -2.43. The van der Waals surface area contributed by atoms with Crippen LogP contribution in [0.15, 0.2) is 16.8 Å². The van der Waals surface area contributed by atoms with Gasteiger partial charge in [-0.05, 0) is 22.4 Å². The summed E-state index contributed by atoms with van der Waals surface area (Å²) >= 11 is 1.56. The van der Waals surface area contributed by atoms with Crippen molar-refractivity contribution in [2.24, 2.45) is 0 Å². The van der Waals surface area contributed by atoms with E-state index in [1.54, 1.807) is 23.3 Å². The molecule has 2 rings (SSSR count). The van der Waals surface area contributed by atoms with Gasteiger partial charge in [0, 0.05) is 26.7 Å². The van der Waals surface area contributed by atoms with Crippen molar-refractivity contribution in [1.29, 1.82) is 0 Å². The van der Waals surface area contributed by atoms with Crippen molar-refractivity contribution in [3.05, 3.63) is 22.4 Å². The molecule has 7 nitrogen and oxygen atoms in total. The molecule has 2 heterocycles. The van der Waals surface area contributed by atoms with E-state index < -0.39 is 15.8 Å². The predicted octanol–water partition coefficient (Wildman–Crippen LogP) is -0.0199. The zero-order valence-corrected chi connectivity index (χ0v) is 14.6. The second-order valence-corrected chi connectivity index (χ2v) is 8.55. The summed E-state index contributed by atoms with van der Waals surface area (Å²) in [7, 11) is -1.31. The fraction of sp³-hybridized carbons (Fsp3) is 0.571. The number of thiophene rings is 1. The lowest BCUT2D eigenvalue weighted by molar-refractivity contribution is -0.152. The molecule has 0 radical (unpaired) electrons.